The Hall–Kier alpha value is -3.21. The van der Waals surface area contributed by atoms with E-state index in [1.807, 2.05) is 63.2 Å². The van der Waals surface area contributed by atoms with Crippen LogP contribution in [-0.2, 0) is 14.3 Å². The number of carbonyl (C=O) groups is 2. The second-order valence-corrected chi connectivity index (χ2v) is 6.92. The van der Waals surface area contributed by atoms with Gasteiger partial charge in [0.05, 0.1) is 0 Å². The number of nitrogens with zero attached hydrogens (tertiary/aromatic N) is 1. The van der Waals surface area contributed by atoms with Crippen molar-refractivity contribution in [3.8, 4) is 5.75 Å². The lowest BCUT2D eigenvalue weighted by Gasteiger charge is -2.29. The fourth-order valence-corrected chi connectivity index (χ4v) is 3.44. The summed E-state index contributed by atoms with van der Waals surface area (Å²) < 4.78 is 10.8. The van der Waals surface area contributed by atoms with Crippen molar-refractivity contribution in [2.45, 2.75) is 33.2 Å². The van der Waals surface area contributed by atoms with E-state index in [2.05, 4.69) is 0 Å². The molecular formula is C23H23NO4. The molecule has 1 heterocycles. The zero-order chi connectivity index (χ0) is 20.3. The molecule has 2 aromatic rings. The molecule has 5 nitrogen and oxygen atoms in total. The Bertz CT molecular complexity index is 960. The second kappa shape index (κ2) is 7.80. The Labute approximate surface area is 164 Å². The summed E-state index contributed by atoms with van der Waals surface area (Å²) in [7, 11) is 0. The van der Waals surface area contributed by atoms with E-state index in [-0.39, 0.29) is 5.92 Å². The van der Waals surface area contributed by atoms with Crippen LogP contribution in [0.25, 0.3) is 5.57 Å². The van der Waals surface area contributed by atoms with Crippen molar-refractivity contribution < 1.29 is 19.1 Å². The first-order valence-corrected chi connectivity index (χ1v) is 9.21. The molecule has 28 heavy (non-hydrogen) atoms. The number of carbonyl (C=O) groups excluding carboxylic acids is 2. The largest absolute Gasteiger partial charge is 0.427 e. The van der Waals surface area contributed by atoms with Crippen molar-refractivity contribution in [2.75, 3.05) is 0 Å². The van der Waals surface area contributed by atoms with Crippen LogP contribution < -0.4 is 4.74 Å². The highest BCUT2D eigenvalue weighted by atomic mass is 16.6. The summed E-state index contributed by atoms with van der Waals surface area (Å²) in [5.41, 5.74) is 1.05. The molecule has 0 aromatic heterocycles. The minimum Gasteiger partial charge on any atom is -0.427 e. The van der Waals surface area contributed by atoms with Crippen molar-refractivity contribution in [1.29, 1.82) is 0 Å². The normalized spacial score (nSPS) is 19.4. The van der Waals surface area contributed by atoms with Crippen LogP contribution in [0.1, 0.15) is 38.8 Å². The number of esters is 2. The minimum absolute atomic E-state index is 0.148. The molecule has 0 aliphatic carbocycles. The fourth-order valence-electron chi connectivity index (χ4n) is 3.44. The molecule has 1 aliphatic rings. The van der Waals surface area contributed by atoms with Crippen molar-refractivity contribution in [3.63, 3.8) is 0 Å². The van der Waals surface area contributed by atoms with E-state index in [1.54, 1.807) is 18.2 Å². The van der Waals surface area contributed by atoms with Crippen LogP contribution in [0.4, 0.5) is 0 Å². The topological polar surface area (TPSA) is 65.0 Å². The molecule has 0 amide bonds. The fraction of sp³-hybridized carbons (Fsp3) is 0.261. The van der Waals surface area contributed by atoms with Gasteiger partial charge in [-0.2, -0.15) is 0 Å². The van der Waals surface area contributed by atoms with Gasteiger partial charge in [-0.25, -0.2) is 9.79 Å². The Balaban J connectivity index is 2.11. The van der Waals surface area contributed by atoms with Gasteiger partial charge >= 0.3 is 11.9 Å². The molecule has 0 spiro atoms. The summed E-state index contributed by atoms with van der Waals surface area (Å²) in [6.07, 6.45) is 1.87. The van der Waals surface area contributed by atoms with Crippen LogP contribution in [0.3, 0.4) is 0 Å². The van der Waals surface area contributed by atoms with E-state index in [9.17, 15) is 9.59 Å². The number of cyclic esters (lactones) is 1. The summed E-state index contributed by atoms with van der Waals surface area (Å²) in [5, 5.41) is 0. The molecule has 2 aromatic carbocycles. The van der Waals surface area contributed by atoms with E-state index >= 15 is 0 Å². The monoisotopic (exact) mass is 377 g/mol. The summed E-state index contributed by atoms with van der Waals surface area (Å²) in [6.45, 7) is 7.10. The Morgan fingerprint density at radius 3 is 2.46 bits per heavy atom. The maximum Gasteiger partial charge on any atom is 0.345 e. The van der Waals surface area contributed by atoms with Gasteiger partial charge in [-0.15, -0.1) is 0 Å². The quantitative estimate of drug-likeness (QED) is 0.572. The Morgan fingerprint density at radius 1 is 1.14 bits per heavy atom. The van der Waals surface area contributed by atoms with Gasteiger partial charge in [0, 0.05) is 12.5 Å². The minimum atomic E-state index is -1.17. The first kappa shape index (κ1) is 19.5. The van der Waals surface area contributed by atoms with E-state index < -0.39 is 17.5 Å². The summed E-state index contributed by atoms with van der Waals surface area (Å²) >= 11 is 0. The predicted molar refractivity (Wildman–Crippen MR) is 108 cm³/mol. The molecule has 0 fully saturated rings. The molecule has 3 rings (SSSR count). The Kier molecular flexibility index (Phi) is 5.45. The lowest BCUT2D eigenvalue weighted by Crippen LogP contribution is -2.40. The third-order valence-corrected chi connectivity index (χ3v) is 4.74. The zero-order valence-corrected chi connectivity index (χ0v) is 16.4. The summed E-state index contributed by atoms with van der Waals surface area (Å²) in [4.78, 5) is 29.2. The molecule has 1 unspecified atom stereocenters. The highest BCUT2D eigenvalue weighted by Crippen LogP contribution is 2.42. The van der Waals surface area contributed by atoms with Crippen LogP contribution in [-0.4, -0.2) is 23.4 Å². The van der Waals surface area contributed by atoms with Crippen LogP contribution in [0.2, 0.25) is 0 Å². The molecule has 0 saturated carbocycles. The van der Waals surface area contributed by atoms with Crippen molar-refractivity contribution in [3.05, 3.63) is 71.8 Å². The first-order chi connectivity index (χ1) is 13.4. The van der Waals surface area contributed by atoms with Crippen LogP contribution in [0.5, 0.6) is 5.75 Å². The van der Waals surface area contributed by atoms with E-state index in [0.29, 0.717) is 17.2 Å². The SMILES string of the molecule is C/C=C(/c1cccc(OC(C)=O)c1)C1(C(C)C)N=C(c2ccccc2)OC1=O. The average molecular weight is 377 g/mol. The van der Waals surface area contributed by atoms with Crippen LogP contribution >= 0.6 is 0 Å². The van der Waals surface area contributed by atoms with Crippen molar-refractivity contribution in [1.82, 2.24) is 0 Å². The zero-order valence-electron chi connectivity index (χ0n) is 16.4. The van der Waals surface area contributed by atoms with Gasteiger partial charge in [0.15, 0.2) is 5.54 Å². The van der Waals surface area contributed by atoms with Gasteiger partial charge in [0.25, 0.3) is 0 Å². The molecule has 0 saturated heterocycles. The van der Waals surface area contributed by atoms with Crippen molar-refractivity contribution in [2.24, 2.45) is 10.9 Å². The highest BCUT2D eigenvalue weighted by Gasteiger charge is 2.51. The first-order valence-electron chi connectivity index (χ1n) is 9.21. The number of ether oxygens (including phenoxy) is 2. The standard InChI is InChI=1S/C23H23NO4/c1-5-20(18-12-9-13-19(14-18)27-16(4)25)23(15(2)3)22(26)28-21(24-23)17-10-7-6-8-11-17/h5-15H,1-4H3/b20-5-. The van der Waals surface area contributed by atoms with Gasteiger partial charge < -0.3 is 9.47 Å². The predicted octanol–water partition coefficient (Wildman–Crippen LogP) is 4.41. The molecule has 0 radical (unpaired) electrons. The number of allylic oxidation sites excluding steroid dienone is 1. The molecule has 1 atom stereocenters. The van der Waals surface area contributed by atoms with E-state index in [4.69, 9.17) is 14.5 Å². The lowest BCUT2D eigenvalue weighted by atomic mass is 9.77. The van der Waals surface area contributed by atoms with Gasteiger partial charge in [0.1, 0.15) is 5.75 Å². The van der Waals surface area contributed by atoms with E-state index in [1.165, 1.54) is 6.92 Å². The number of aliphatic imine (C=N–C) groups is 1. The maximum atomic E-state index is 13.1. The van der Waals surface area contributed by atoms with Gasteiger partial charge in [-0.05, 0) is 48.2 Å². The number of hydrogen-bond acceptors (Lipinski definition) is 5. The Morgan fingerprint density at radius 2 is 1.86 bits per heavy atom. The van der Waals surface area contributed by atoms with Crippen LogP contribution in [0, 0.1) is 5.92 Å². The third-order valence-electron chi connectivity index (χ3n) is 4.74. The summed E-state index contributed by atoms with van der Waals surface area (Å²) in [5.74, 6) is -0.226. The third kappa shape index (κ3) is 3.48. The number of rotatable bonds is 5. The second-order valence-electron chi connectivity index (χ2n) is 6.92. The van der Waals surface area contributed by atoms with Gasteiger partial charge in [-0.3, -0.25) is 4.79 Å². The van der Waals surface area contributed by atoms with Crippen molar-refractivity contribution >= 4 is 23.4 Å². The van der Waals surface area contributed by atoms with Gasteiger partial charge in [0.2, 0.25) is 5.90 Å². The molecule has 144 valence electrons. The highest BCUT2D eigenvalue weighted by molar-refractivity contribution is 6.13. The lowest BCUT2D eigenvalue weighted by molar-refractivity contribution is -0.138. The van der Waals surface area contributed by atoms with Crippen LogP contribution in [0.15, 0.2) is 65.7 Å². The summed E-state index contributed by atoms with van der Waals surface area (Å²) in [6, 6.07) is 16.5. The molecule has 1 aliphatic heterocycles. The number of hydrogen-bond donors (Lipinski definition) is 0. The maximum absolute atomic E-state index is 13.1. The molecule has 5 heteroatoms. The molecule has 0 bridgehead atoms. The number of benzene rings is 2. The van der Waals surface area contributed by atoms with E-state index in [0.717, 1.165) is 11.1 Å². The average Bonchev–Trinajstić information content (AvgIpc) is 3.01. The molecule has 0 N–H and O–H groups in total. The van der Waals surface area contributed by atoms with Gasteiger partial charge in [-0.1, -0.05) is 50.3 Å². The molecular weight excluding hydrogens is 354 g/mol. The smallest absolute Gasteiger partial charge is 0.345 e.